The molecule has 6 atom stereocenters. The molecule has 0 bridgehead atoms. The molecule has 1 saturated heterocycles. The molecule has 1 aliphatic rings. The lowest BCUT2D eigenvalue weighted by molar-refractivity contribution is -0.144. The number of rotatable bonds is 17. The van der Waals surface area contributed by atoms with Crippen molar-refractivity contribution in [3.05, 3.63) is 18.2 Å². The average molecular weight is 611 g/mol. The number of carboxylic acid groups (broad SMARTS) is 1. The van der Waals surface area contributed by atoms with Gasteiger partial charge in [-0.25, -0.2) is 9.78 Å². The van der Waals surface area contributed by atoms with Crippen LogP contribution in [0.1, 0.15) is 51.6 Å². The molecule has 0 aromatic carbocycles. The Morgan fingerprint density at radius 3 is 2.45 bits per heavy atom. The van der Waals surface area contributed by atoms with E-state index in [-0.39, 0.29) is 25.3 Å². The van der Waals surface area contributed by atoms with E-state index in [1.54, 1.807) is 13.8 Å². The smallest absolute Gasteiger partial charge is 0.326 e. The Kier molecular flexibility index (Phi) is 13.7. The van der Waals surface area contributed by atoms with Gasteiger partial charge in [-0.2, -0.15) is 11.8 Å². The van der Waals surface area contributed by atoms with E-state index < -0.39 is 72.1 Å². The van der Waals surface area contributed by atoms with Gasteiger partial charge in [0.1, 0.15) is 24.2 Å². The van der Waals surface area contributed by atoms with E-state index in [4.69, 9.17) is 11.5 Å². The molecule has 1 aliphatic heterocycles. The fourth-order valence-corrected chi connectivity index (χ4v) is 5.08. The van der Waals surface area contributed by atoms with Crippen LogP contribution in [0, 0.1) is 5.92 Å². The van der Waals surface area contributed by atoms with Gasteiger partial charge in [-0.1, -0.05) is 20.3 Å². The number of carbonyl (C=O) groups is 6. The molecule has 234 valence electrons. The zero-order valence-corrected chi connectivity index (χ0v) is 24.9. The summed E-state index contributed by atoms with van der Waals surface area (Å²) >= 11 is 1.50. The Bertz CT molecular complexity index is 1100. The highest BCUT2D eigenvalue weighted by molar-refractivity contribution is 7.98. The summed E-state index contributed by atoms with van der Waals surface area (Å²) in [7, 11) is 0. The molecule has 0 saturated carbocycles. The van der Waals surface area contributed by atoms with Crippen LogP contribution in [0.5, 0.6) is 0 Å². The van der Waals surface area contributed by atoms with Gasteiger partial charge in [0.05, 0.1) is 18.8 Å². The van der Waals surface area contributed by atoms with E-state index in [9.17, 15) is 33.9 Å². The zero-order valence-electron chi connectivity index (χ0n) is 24.1. The van der Waals surface area contributed by atoms with E-state index in [0.717, 1.165) is 0 Å². The van der Waals surface area contributed by atoms with Crippen molar-refractivity contribution < 1.29 is 33.9 Å². The maximum absolute atomic E-state index is 13.5. The topological polar surface area (TPSA) is 243 Å². The summed E-state index contributed by atoms with van der Waals surface area (Å²) in [4.78, 5) is 84.4. The molecular formula is C26H42N8O7S. The molecule has 2 rings (SSSR count). The maximum Gasteiger partial charge on any atom is 0.326 e. The minimum Gasteiger partial charge on any atom is -0.480 e. The molecule has 42 heavy (non-hydrogen) atoms. The zero-order chi connectivity index (χ0) is 31.4. The monoisotopic (exact) mass is 610 g/mol. The number of nitrogens with zero attached hydrogens (tertiary/aromatic N) is 2. The van der Waals surface area contributed by atoms with Crippen LogP contribution in [0.15, 0.2) is 12.5 Å². The van der Waals surface area contributed by atoms with Crippen molar-refractivity contribution in [1.29, 1.82) is 0 Å². The number of nitrogens with two attached hydrogens (primary N) is 2. The molecule has 0 spiro atoms. The minimum atomic E-state index is -1.32. The van der Waals surface area contributed by atoms with Crippen LogP contribution < -0.4 is 27.4 Å². The van der Waals surface area contributed by atoms with Crippen molar-refractivity contribution in [2.24, 2.45) is 17.4 Å². The molecule has 1 aromatic heterocycles. The van der Waals surface area contributed by atoms with Crippen molar-refractivity contribution in [1.82, 2.24) is 30.8 Å². The molecule has 16 heteroatoms. The summed E-state index contributed by atoms with van der Waals surface area (Å²) in [5.41, 5.74) is 11.8. The third-order valence-corrected chi connectivity index (χ3v) is 7.86. The molecule has 2 heterocycles. The van der Waals surface area contributed by atoms with Gasteiger partial charge in [-0.3, -0.25) is 24.0 Å². The molecule has 1 fully saturated rings. The first-order chi connectivity index (χ1) is 19.9. The van der Waals surface area contributed by atoms with Crippen LogP contribution in [0.2, 0.25) is 0 Å². The predicted molar refractivity (Wildman–Crippen MR) is 155 cm³/mol. The molecule has 9 N–H and O–H groups in total. The summed E-state index contributed by atoms with van der Waals surface area (Å²) in [5.74, 6) is -4.41. The van der Waals surface area contributed by atoms with E-state index in [1.807, 2.05) is 6.26 Å². The molecular weight excluding hydrogens is 568 g/mol. The van der Waals surface area contributed by atoms with E-state index in [2.05, 4.69) is 25.9 Å². The second kappa shape index (κ2) is 16.7. The largest absolute Gasteiger partial charge is 0.480 e. The van der Waals surface area contributed by atoms with E-state index in [1.165, 1.54) is 29.2 Å². The Morgan fingerprint density at radius 2 is 1.88 bits per heavy atom. The first kappa shape index (κ1) is 34.5. The fraction of sp³-hybridized carbons (Fsp3) is 0.654. The maximum atomic E-state index is 13.5. The van der Waals surface area contributed by atoms with Crippen molar-refractivity contribution in [3.63, 3.8) is 0 Å². The van der Waals surface area contributed by atoms with Crippen molar-refractivity contribution in [3.8, 4) is 0 Å². The number of primary amides is 1. The lowest BCUT2D eigenvalue weighted by Gasteiger charge is -2.30. The highest BCUT2D eigenvalue weighted by atomic mass is 32.2. The van der Waals surface area contributed by atoms with Gasteiger partial charge in [0.15, 0.2) is 0 Å². The Morgan fingerprint density at radius 1 is 1.17 bits per heavy atom. The highest BCUT2D eigenvalue weighted by Crippen LogP contribution is 2.20. The number of aromatic nitrogens is 2. The number of aliphatic carboxylic acids is 1. The number of imidazole rings is 1. The summed E-state index contributed by atoms with van der Waals surface area (Å²) < 4.78 is 0. The van der Waals surface area contributed by atoms with Gasteiger partial charge >= 0.3 is 5.97 Å². The number of thioether (sulfide) groups is 1. The molecule has 0 radical (unpaired) electrons. The molecule has 5 amide bonds. The van der Waals surface area contributed by atoms with Crippen LogP contribution in [-0.2, 0) is 35.2 Å². The first-order valence-corrected chi connectivity index (χ1v) is 15.2. The SMILES string of the molecule is CC[C@H](C)[C@H](NC(=O)[C@H](Cc1cnc[nH]1)NC(=O)[C@@H]1CCCN1C(=O)[C@H](CC(N)=O)NC(=O)[C@@H](N)CCSC)C(=O)O. The highest BCUT2D eigenvalue weighted by Gasteiger charge is 2.40. The second-order valence-corrected chi connectivity index (χ2v) is 11.3. The summed E-state index contributed by atoms with van der Waals surface area (Å²) in [6.45, 7) is 3.67. The number of carboxylic acids is 1. The van der Waals surface area contributed by atoms with Crippen LogP contribution in [0.25, 0.3) is 0 Å². The summed E-state index contributed by atoms with van der Waals surface area (Å²) in [6.07, 6.45) is 5.83. The van der Waals surface area contributed by atoms with Crippen LogP contribution in [0.3, 0.4) is 0 Å². The van der Waals surface area contributed by atoms with E-state index in [0.29, 0.717) is 30.7 Å². The molecule has 1 aromatic rings. The van der Waals surface area contributed by atoms with Gasteiger partial charge in [-0.05, 0) is 37.2 Å². The fourth-order valence-electron chi connectivity index (χ4n) is 4.59. The molecule has 15 nitrogen and oxygen atoms in total. The Labute approximate surface area is 248 Å². The third kappa shape index (κ3) is 10.0. The average Bonchev–Trinajstić information content (AvgIpc) is 3.65. The lowest BCUT2D eigenvalue weighted by Crippen LogP contribution is -2.59. The molecule has 0 aliphatic carbocycles. The van der Waals surface area contributed by atoms with Gasteiger partial charge in [0.2, 0.25) is 29.5 Å². The third-order valence-electron chi connectivity index (χ3n) is 7.22. The van der Waals surface area contributed by atoms with Crippen molar-refractivity contribution >= 4 is 47.3 Å². The summed E-state index contributed by atoms with van der Waals surface area (Å²) in [5, 5.41) is 17.3. The Balaban J connectivity index is 2.22. The normalized spacial score (nSPS) is 18.3. The number of aromatic amines is 1. The van der Waals surface area contributed by atoms with E-state index >= 15 is 0 Å². The summed E-state index contributed by atoms with van der Waals surface area (Å²) in [6, 6.07) is -5.58. The number of likely N-dealkylation sites (tertiary alicyclic amines) is 1. The van der Waals surface area contributed by atoms with Crippen LogP contribution in [-0.4, -0.2) is 104 Å². The van der Waals surface area contributed by atoms with Crippen LogP contribution >= 0.6 is 11.8 Å². The standard InChI is InChI=1S/C26H42N8O7S/c1-4-14(2)21(26(40)41)33-23(37)17(10-15-12-29-13-30-15)31-24(38)19-6-5-8-34(19)25(39)18(11-20(28)35)32-22(36)16(27)7-9-42-3/h12-14,16-19,21H,4-11,27H2,1-3H3,(H2,28,35)(H,29,30)(H,31,38)(H,32,36)(H,33,37)(H,40,41)/t14-,16-,17-,18-,19-,21-/m0/s1. The number of carbonyl (C=O) groups excluding carboxylic acids is 5. The van der Waals surface area contributed by atoms with Crippen molar-refractivity contribution in [2.75, 3.05) is 18.6 Å². The number of amides is 5. The number of H-pyrrole nitrogens is 1. The quantitative estimate of drug-likeness (QED) is 0.107. The van der Waals surface area contributed by atoms with Crippen molar-refractivity contribution in [2.45, 2.75) is 82.6 Å². The second-order valence-electron chi connectivity index (χ2n) is 10.4. The first-order valence-electron chi connectivity index (χ1n) is 13.8. The number of hydrogen-bond acceptors (Lipinski definition) is 9. The minimum absolute atomic E-state index is 0.0145. The number of hydrogen-bond donors (Lipinski definition) is 7. The van der Waals surface area contributed by atoms with Gasteiger partial charge in [0.25, 0.3) is 0 Å². The van der Waals surface area contributed by atoms with Gasteiger partial charge in [-0.15, -0.1) is 0 Å². The van der Waals surface area contributed by atoms with Gasteiger partial charge < -0.3 is 42.4 Å². The van der Waals surface area contributed by atoms with Crippen LogP contribution in [0.4, 0.5) is 0 Å². The number of nitrogens with one attached hydrogen (secondary N) is 4. The molecule has 0 unspecified atom stereocenters. The Hall–Kier alpha value is -3.66. The lowest BCUT2D eigenvalue weighted by atomic mass is 9.98. The predicted octanol–water partition coefficient (Wildman–Crippen LogP) is -1.52. The van der Waals surface area contributed by atoms with Gasteiger partial charge in [0, 0.05) is 24.9 Å².